The van der Waals surface area contributed by atoms with E-state index in [1.54, 1.807) is 0 Å². The van der Waals surface area contributed by atoms with Crippen LogP contribution < -0.4 is 9.74 Å². The molecule has 0 aliphatic carbocycles. The number of rotatable bonds is 5. The van der Waals surface area contributed by atoms with Gasteiger partial charge in [-0.1, -0.05) is 36.4 Å². The van der Waals surface area contributed by atoms with Crippen LogP contribution in [0.2, 0.25) is 0 Å². The summed E-state index contributed by atoms with van der Waals surface area (Å²) in [4.78, 5) is 16.9. The summed E-state index contributed by atoms with van der Waals surface area (Å²) in [6.45, 7) is 0. The minimum Gasteiger partial charge on any atom is -0.373 e. The summed E-state index contributed by atoms with van der Waals surface area (Å²) >= 11 is 0. The van der Waals surface area contributed by atoms with Gasteiger partial charge in [-0.25, -0.2) is 9.37 Å². The van der Waals surface area contributed by atoms with E-state index in [1.807, 2.05) is 30.3 Å². The smallest absolute Gasteiger partial charge is 0.373 e. The van der Waals surface area contributed by atoms with Crippen molar-refractivity contribution in [1.29, 1.82) is 0 Å². The van der Waals surface area contributed by atoms with E-state index >= 15 is 0 Å². The Morgan fingerprint density at radius 1 is 1.10 bits per heavy atom. The van der Waals surface area contributed by atoms with Crippen molar-refractivity contribution in [2.75, 3.05) is 0 Å². The molecule has 1 heterocycles. The molecule has 0 saturated carbocycles. The van der Waals surface area contributed by atoms with Gasteiger partial charge in [0.15, 0.2) is 11.6 Å². The largest absolute Gasteiger partial charge is 0.534 e. The van der Waals surface area contributed by atoms with Crippen LogP contribution in [0.15, 0.2) is 59.5 Å². The molecular formula is C19H14F4N2O4S. The zero-order valence-corrected chi connectivity index (χ0v) is 16.2. The highest BCUT2D eigenvalue weighted by Crippen LogP contribution is 2.30. The fourth-order valence-electron chi connectivity index (χ4n) is 2.62. The van der Waals surface area contributed by atoms with E-state index in [0.29, 0.717) is 24.4 Å². The van der Waals surface area contributed by atoms with Gasteiger partial charge in [-0.2, -0.15) is 21.6 Å². The molecule has 0 aliphatic heterocycles. The van der Waals surface area contributed by atoms with Crippen LogP contribution >= 0.6 is 0 Å². The highest BCUT2D eigenvalue weighted by molar-refractivity contribution is 7.88. The molecule has 11 heteroatoms. The quantitative estimate of drug-likeness (QED) is 0.344. The number of aromatic nitrogens is 2. The second kappa shape index (κ2) is 7.90. The van der Waals surface area contributed by atoms with Crippen molar-refractivity contribution in [2.24, 2.45) is 7.05 Å². The number of benzene rings is 2. The van der Waals surface area contributed by atoms with Crippen LogP contribution in [0.1, 0.15) is 11.4 Å². The van der Waals surface area contributed by atoms with Crippen molar-refractivity contribution >= 4 is 10.1 Å². The molecule has 0 radical (unpaired) electrons. The fraction of sp³-hybridized carbons (Fsp3) is 0.158. The molecule has 6 nitrogen and oxygen atoms in total. The van der Waals surface area contributed by atoms with Crippen LogP contribution in [0.25, 0.3) is 11.1 Å². The van der Waals surface area contributed by atoms with Crippen LogP contribution in [0.4, 0.5) is 17.6 Å². The third kappa shape index (κ3) is 4.35. The summed E-state index contributed by atoms with van der Waals surface area (Å²) < 4.78 is 78.5. The standard InChI is InChI=1S/C19H14F4N2O4S/c1-25-17(9-12-5-3-2-4-6-12)24-11-14(18(25)26)13-7-8-16(15(20)10-13)29-30(27,28)19(21,22)23/h2-8,10-11H,9H2,1H3. The SMILES string of the molecule is Cn1c(Cc2ccccc2)ncc(-c2ccc(OS(=O)(=O)C(F)(F)F)c(F)c2)c1=O. The molecule has 0 bridgehead atoms. The molecule has 3 rings (SSSR count). The van der Waals surface area contributed by atoms with Gasteiger partial charge in [-0.3, -0.25) is 9.36 Å². The van der Waals surface area contributed by atoms with Crippen molar-refractivity contribution in [3.05, 3.63) is 82.3 Å². The molecule has 0 spiro atoms. The molecule has 30 heavy (non-hydrogen) atoms. The summed E-state index contributed by atoms with van der Waals surface area (Å²) in [6.07, 6.45) is 1.60. The average molecular weight is 442 g/mol. The maximum Gasteiger partial charge on any atom is 0.534 e. The Labute approximate surface area is 168 Å². The van der Waals surface area contributed by atoms with E-state index in [2.05, 4.69) is 9.17 Å². The van der Waals surface area contributed by atoms with Crippen molar-refractivity contribution in [3.8, 4) is 16.9 Å². The number of nitrogens with zero attached hydrogens (tertiary/aromatic N) is 2. The number of alkyl halides is 3. The van der Waals surface area contributed by atoms with Crippen LogP contribution in [0.5, 0.6) is 5.75 Å². The molecule has 0 saturated heterocycles. The first-order valence-corrected chi connectivity index (χ1v) is 9.80. The Bertz CT molecular complexity index is 1240. The number of hydrogen-bond acceptors (Lipinski definition) is 5. The molecule has 0 aliphatic rings. The summed E-state index contributed by atoms with van der Waals surface area (Å²) in [5.74, 6) is -2.07. The van der Waals surface area contributed by atoms with Crippen molar-refractivity contribution in [3.63, 3.8) is 0 Å². The van der Waals surface area contributed by atoms with Crippen molar-refractivity contribution in [1.82, 2.24) is 9.55 Å². The van der Waals surface area contributed by atoms with E-state index in [9.17, 15) is 30.8 Å². The summed E-state index contributed by atoms with van der Waals surface area (Å²) in [7, 11) is -4.53. The van der Waals surface area contributed by atoms with Gasteiger partial charge in [0, 0.05) is 19.7 Å². The zero-order chi connectivity index (χ0) is 22.1. The van der Waals surface area contributed by atoms with Gasteiger partial charge in [0.05, 0.1) is 5.56 Å². The lowest BCUT2D eigenvalue weighted by atomic mass is 10.1. The van der Waals surface area contributed by atoms with Crippen LogP contribution in [-0.4, -0.2) is 23.5 Å². The van der Waals surface area contributed by atoms with Gasteiger partial charge in [-0.15, -0.1) is 0 Å². The maximum absolute atomic E-state index is 14.2. The number of hydrogen-bond donors (Lipinski definition) is 0. The van der Waals surface area contributed by atoms with Gasteiger partial charge in [0.1, 0.15) is 5.82 Å². The summed E-state index contributed by atoms with van der Waals surface area (Å²) in [5.41, 5.74) is -5.30. The van der Waals surface area contributed by atoms with Crippen LogP contribution in [0, 0.1) is 5.82 Å². The fourth-order valence-corrected chi connectivity index (χ4v) is 3.09. The molecule has 3 aromatic rings. The van der Waals surface area contributed by atoms with Crippen molar-refractivity contribution in [2.45, 2.75) is 11.9 Å². The predicted octanol–water partition coefficient (Wildman–Crippen LogP) is 3.41. The Morgan fingerprint density at radius 2 is 1.77 bits per heavy atom. The van der Waals surface area contributed by atoms with E-state index in [4.69, 9.17) is 0 Å². The van der Waals surface area contributed by atoms with Gasteiger partial charge in [-0.05, 0) is 23.3 Å². The van der Waals surface area contributed by atoms with Gasteiger partial charge >= 0.3 is 15.6 Å². The monoisotopic (exact) mass is 442 g/mol. The topological polar surface area (TPSA) is 78.3 Å². The number of halogens is 4. The average Bonchev–Trinajstić information content (AvgIpc) is 2.67. The van der Waals surface area contributed by atoms with E-state index in [0.717, 1.165) is 11.6 Å². The molecule has 0 unspecified atom stereocenters. The van der Waals surface area contributed by atoms with Crippen LogP contribution in [0.3, 0.4) is 0 Å². The second-order valence-corrected chi connectivity index (χ2v) is 7.78. The molecule has 158 valence electrons. The molecule has 0 atom stereocenters. The van der Waals surface area contributed by atoms with Gasteiger partial charge in [0.25, 0.3) is 5.56 Å². The molecular weight excluding hydrogens is 428 g/mol. The van der Waals surface area contributed by atoms with Crippen LogP contribution in [-0.2, 0) is 23.6 Å². The third-order valence-electron chi connectivity index (χ3n) is 4.20. The summed E-state index contributed by atoms with van der Waals surface area (Å²) in [6, 6.07) is 11.7. The first kappa shape index (κ1) is 21.5. The minimum atomic E-state index is -6.02. The first-order chi connectivity index (χ1) is 14.0. The molecule has 0 N–H and O–H groups in total. The lowest BCUT2D eigenvalue weighted by Crippen LogP contribution is -2.28. The lowest BCUT2D eigenvalue weighted by molar-refractivity contribution is -0.0500. The van der Waals surface area contributed by atoms with Crippen molar-refractivity contribution < 1.29 is 30.2 Å². The second-order valence-electron chi connectivity index (χ2n) is 6.24. The highest BCUT2D eigenvalue weighted by Gasteiger charge is 2.48. The zero-order valence-electron chi connectivity index (χ0n) is 15.4. The maximum atomic E-state index is 14.2. The lowest BCUT2D eigenvalue weighted by Gasteiger charge is -2.12. The Morgan fingerprint density at radius 3 is 2.37 bits per heavy atom. The van der Waals surface area contributed by atoms with E-state index in [1.165, 1.54) is 17.8 Å². The van der Waals surface area contributed by atoms with Gasteiger partial charge in [0.2, 0.25) is 0 Å². The molecule has 2 aromatic carbocycles. The first-order valence-electron chi connectivity index (χ1n) is 8.39. The molecule has 0 fully saturated rings. The molecule has 1 aromatic heterocycles. The Balaban J connectivity index is 1.92. The van der Waals surface area contributed by atoms with E-state index in [-0.39, 0.29) is 11.1 Å². The van der Waals surface area contributed by atoms with Gasteiger partial charge < -0.3 is 4.18 Å². The van der Waals surface area contributed by atoms with E-state index < -0.39 is 32.8 Å². The Kier molecular flexibility index (Phi) is 5.66. The third-order valence-corrected chi connectivity index (χ3v) is 5.16. The summed E-state index contributed by atoms with van der Waals surface area (Å²) in [5, 5.41) is 0. The Hall–Kier alpha value is -3.21. The minimum absolute atomic E-state index is 0.00335. The predicted molar refractivity (Wildman–Crippen MR) is 99.7 cm³/mol. The highest BCUT2D eigenvalue weighted by atomic mass is 32.2. The molecule has 0 amide bonds. The normalized spacial score (nSPS) is 12.0.